The molecule has 1 heteroatoms. The first-order valence-corrected chi connectivity index (χ1v) is 11.8. The molecule has 2 aromatic carbocycles. The van der Waals surface area contributed by atoms with Crippen LogP contribution in [-0.2, 0) is 18.3 Å². The van der Waals surface area contributed by atoms with Gasteiger partial charge in [-0.1, -0.05) is 101 Å². The smallest absolute Gasteiger partial charge is 0.0417 e. The molecule has 1 aliphatic heterocycles. The van der Waals surface area contributed by atoms with Crippen molar-refractivity contribution in [2.24, 2.45) is 0 Å². The Hall–Kier alpha value is -1.86. The van der Waals surface area contributed by atoms with Gasteiger partial charge in [-0.3, -0.25) is 0 Å². The van der Waals surface area contributed by atoms with Crippen LogP contribution in [0.1, 0.15) is 76.1 Å². The van der Waals surface area contributed by atoms with Gasteiger partial charge in [-0.25, -0.2) is 0 Å². The zero-order valence-corrected chi connectivity index (χ0v) is 19.6. The second-order valence-corrected chi connectivity index (χ2v) is 7.71. The first kappa shape index (κ1) is 23.4. The summed E-state index contributed by atoms with van der Waals surface area (Å²) in [6, 6.07) is 18.5. The number of benzene rings is 2. The maximum Gasteiger partial charge on any atom is 0.0417 e. The van der Waals surface area contributed by atoms with Gasteiger partial charge in [0.2, 0.25) is 0 Å². The summed E-state index contributed by atoms with van der Waals surface area (Å²) in [4.78, 5) is 2.43. The maximum atomic E-state index is 2.53. The molecule has 0 saturated heterocycles. The highest BCUT2D eigenvalue weighted by Gasteiger charge is 2.41. The van der Waals surface area contributed by atoms with E-state index in [0.29, 0.717) is 0 Å². The van der Waals surface area contributed by atoms with Crippen molar-refractivity contribution < 1.29 is 0 Å². The summed E-state index contributed by atoms with van der Waals surface area (Å²) in [7, 11) is 2.23. The minimum Gasteiger partial charge on any atom is -0.302 e. The highest BCUT2D eigenvalue weighted by Crippen LogP contribution is 2.49. The van der Waals surface area contributed by atoms with Gasteiger partial charge in [-0.15, -0.1) is 0 Å². The first-order chi connectivity index (χ1) is 14.3. The van der Waals surface area contributed by atoms with Gasteiger partial charge in [0.15, 0.2) is 0 Å². The van der Waals surface area contributed by atoms with Gasteiger partial charge in [-0.05, 0) is 55.0 Å². The van der Waals surface area contributed by atoms with Crippen LogP contribution in [0.5, 0.6) is 0 Å². The van der Waals surface area contributed by atoms with Crippen molar-refractivity contribution in [2.75, 3.05) is 20.1 Å². The van der Waals surface area contributed by atoms with Crippen molar-refractivity contribution in [3.63, 3.8) is 0 Å². The average molecular weight is 392 g/mol. The molecule has 158 valence electrons. The molecule has 29 heavy (non-hydrogen) atoms. The first-order valence-electron chi connectivity index (χ1n) is 11.8. The van der Waals surface area contributed by atoms with Crippen LogP contribution in [0.2, 0.25) is 0 Å². The third-order valence-corrected chi connectivity index (χ3v) is 6.20. The number of hydrogen-bond donors (Lipinski definition) is 0. The third-order valence-electron chi connectivity index (χ3n) is 6.20. The number of hydrogen-bond acceptors (Lipinski definition) is 1. The van der Waals surface area contributed by atoms with E-state index in [-0.39, 0.29) is 5.41 Å². The summed E-state index contributed by atoms with van der Waals surface area (Å²) in [6.07, 6.45) is 8.43. The Labute approximate surface area is 179 Å². The summed E-state index contributed by atoms with van der Waals surface area (Å²) in [5, 5.41) is 0. The molecule has 2 aliphatic rings. The minimum absolute atomic E-state index is 0.0691. The minimum atomic E-state index is 0.0691. The molecule has 1 nitrogen and oxygen atoms in total. The second-order valence-electron chi connectivity index (χ2n) is 7.71. The van der Waals surface area contributed by atoms with Crippen molar-refractivity contribution in [2.45, 2.75) is 72.1 Å². The molecule has 0 fully saturated rings. The highest BCUT2D eigenvalue weighted by molar-refractivity contribution is 5.56. The lowest BCUT2D eigenvalue weighted by Gasteiger charge is -2.41. The lowest BCUT2D eigenvalue weighted by molar-refractivity contribution is 0.341. The van der Waals surface area contributed by atoms with Crippen molar-refractivity contribution in [3.8, 4) is 0 Å². The number of fused-ring (bicyclic) bond motifs is 2. The van der Waals surface area contributed by atoms with Gasteiger partial charge in [0.25, 0.3) is 0 Å². The Bertz CT molecular complexity index is 739. The number of aryl methyl sites for hydroxylation is 2. The van der Waals surface area contributed by atoms with Gasteiger partial charge >= 0.3 is 0 Å². The molecule has 1 aliphatic carbocycles. The van der Waals surface area contributed by atoms with Gasteiger partial charge in [-0.2, -0.15) is 0 Å². The van der Waals surface area contributed by atoms with Crippen LogP contribution in [0.25, 0.3) is 0 Å². The van der Waals surface area contributed by atoms with Crippen LogP contribution in [0.4, 0.5) is 0 Å². The lowest BCUT2D eigenvalue weighted by Crippen LogP contribution is -2.36. The fourth-order valence-electron chi connectivity index (χ4n) is 5.03. The average Bonchev–Trinajstić information content (AvgIpc) is 2.93. The van der Waals surface area contributed by atoms with Gasteiger partial charge in [0.1, 0.15) is 0 Å². The number of likely N-dealkylation sites (N-methyl/N-ethyl adjacent to an activating group) is 1. The van der Waals surface area contributed by atoms with Crippen molar-refractivity contribution in [3.05, 3.63) is 82.4 Å². The van der Waals surface area contributed by atoms with E-state index in [1.807, 2.05) is 27.7 Å². The molecular weight excluding hydrogens is 350 g/mol. The van der Waals surface area contributed by atoms with Gasteiger partial charge in [0.05, 0.1) is 0 Å². The largest absolute Gasteiger partial charge is 0.302 e. The number of nitrogens with zero attached hydrogens (tertiary/aromatic N) is 1. The van der Waals surface area contributed by atoms with Crippen LogP contribution in [0.15, 0.2) is 60.2 Å². The van der Waals surface area contributed by atoms with Crippen LogP contribution in [0, 0.1) is 0 Å². The SMILES string of the molecule is CC.CC.CCCC1(C2=CCN(C)CC2)c2ccccc2CCc2ccccc21. The monoisotopic (exact) mass is 391 g/mol. The van der Waals surface area contributed by atoms with Crippen molar-refractivity contribution in [1.82, 2.24) is 4.90 Å². The fourth-order valence-corrected chi connectivity index (χ4v) is 5.03. The lowest BCUT2D eigenvalue weighted by atomic mass is 9.63. The van der Waals surface area contributed by atoms with E-state index >= 15 is 0 Å². The molecule has 0 spiro atoms. The molecule has 0 atom stereocenters. The molecule has 4 rings (SSSR count). The number of rotatable bonds is 3. The third kappa shape index (κ3) is 4.67. The maximum absolute atomic E-state index is 2.53. The Morgan fingerprint density at radius 1 is 0.793 bits per heavy atom. The van der Waals surface area contributed by atoms with E-state index in [2.05, 4.69) is 73.5 Å². The van der Waals surface area contributed by atoms with Gasteiger partial charge < -0.3 is 4.90 Å². The van der Waals surface area contributed by atoms with E-state index in [1.54, 1.807) is 27.8 Å². The Balaban J connectivity index is 0.000000707. The van der Waals surface area contributed by atoms with Crippen LogP contribution >= 0.6 is 0 Å². The van der Waals surface area contributed by atoms with Crippen LogP contribution in [0.3, 0.4) is 0 Å². The van der Waals surface area contributed by atoms with Crippen molar-refractivity contribution in [1.29, 1.82) is 0 Å². The summed E-state index contributed by atoms with van der Waals surface area (Å²) >= 11 is 0. The Morgan fingerprint density at radius 3 is 1.76 bits per heavy atom. The van der Waals surface area contributed by atoms with E-state index in [4.69, 9.17) is 0 Å². The quantitative estimate of drug-likeness (QED) is 0.501. The van der Waals surface area contributed by atoms with E-state index < -0.39 is 0 Å². The summed E-state index contributed by atoms with van der Waals surface area (Å²) in [6.45, 7) is 12.6. The molecule has 0 saturated carbocycles. The van der Waals surface area contributed by atoms with E-state index in [9.17, 15) is 0 Å². The van der Waals surface area contributed by atoms with E-state index in [1.165, 1.54) is 25.8 Å². The normalized spacial score (nSPS) is 17.2. The van der Waals surface area contributed by atoms with Crippen LogP contribution in [-0.4, -0.2) is 25.0 Å². The molecule has 0 radical (unpaired) electrons. The molecule has 1 heterocycles. The molecule has 0 amide bonds. The Morgan fingerprint density at radius 2 is 1.31 bits per heavy atom. The summed E-state index contributed by atoms with van der Waals surface area (Å²) in [5.74, 6) is 0. The standard InChI is InChI=1S/C24H29N.2C2H6/c1-3-16-24(21-14-17-25(2)18-15-21)22-10-6-4-8-19(22)12-13-20-9-5-7-11-23(20)24;2*1-2/h4-11,14H,3,12-13,15-18H2,1-2H3;2*1-2H3. The molecule has 0 unspecified atom stereocenters. The zero-order chi connectivity index (χ0) is 21.3. The van der Waals surface area contributed by atoms with E-state index in [0.717, 1.165) is 19.4 Å². The Kier molecular flexibility index (Phi) is 9.17. The topological polar surface area (TPSA) is 3.24 Å². The van der Waals surface area contributed by atoms with Crippen LogP contribution < -0.4 is 0 Å². The van der Waals surface area contributed by atoms with Crippen molar-refractivity contribution >= 4 is 0 Å². The van der Waals surface area contributed by atoms with Gasteiger partial charge in [0, 0.05) is 18.5 Å². The highest BCUT2D eigenvalue weighted by atomic mass is 15.1. The molecule has 2 aromatic rings. The zero-order valence-electron chi connectivity index (χ0n) is 19.6. The molecular formula is C28H41N. The molecule has 0 bridgehead atoms. The second kappa shape index (κ2) is 11.4. The summed E-state index contributed by atoms with van der Waals surface area (Å²) in [5.41, 5.74) is 7.95. The molecule has 0 aromatic heterocycles. The fraction of sp³-hybridized carbons (Fsp3) is 0.500. The summed E-state index contributed by atoms with van der Waals surface area (Å²) < 4.78 is 0. The predicted octanol–water partition coefficient (Wildman–Crippen LogP) is 7.19. The molecule has 0 N–H and O–H groups in total. The predicted molar refractivity (Wildman–Crippen MR) is 129 cm³/mol.